The number of fused-ring (bicyclic) bond motifs is 2. The Morgan fingerprint density at radius 2 is 2.06 bits per heavy atom. The second-order valence-corrected chi connectivity index (χ2v) is 10.3. The number of ether oxygens (including phenoxy) is 1. The highest BCUT2D eigenvalue weighted by Gasteiger charge is 2.28. The van der Waals surface area contributed by atoms with Gasteiger partial charge in [-0.25, -0.2) is 23.1 Å². The highest BCUT2D eigenvalue weighted by Crippen LogP contribution is 2.33. The van der Waals surface area contributed by atoms with Crippen molar-refractivity contribution in [1.29, 1.82) is 0 Å². The predicted molar refractivity (Wildman–Crippen MR) is 120 cm³/mol. The summed E-state index contributed by atoms with van der Waals surface area (Å²) >= 11 is 0. The maximum atomic E-state index is 12.3. The molecule has 2 atom stereocenters. The molecule has 0 saturated carbocycles. The molecule has 1 aliphatic rings. The number of morpholine rings is 1. The smallest absolute Gasteiger partial charge is 0.170 e. The molecule has 31 heavy (non-hydrogen) atoms. The fourth-order valence-electron chi connectivity index (χ4n) is 4.02. The highest BCUT2D eigenvalue weighted by molar-refractivity contribution is 7.90. The first kappa shape index (κ1) is 20.0. The molecule has 0 bridgehead atoms. The van der Waals surface area contributed by atoms with Crippen LogP contribution in [0.15, 0.2) is 36.7 Å². The zero-order valence-corrected chi connectivity index (χ0v) is 18.4. The minimum Gasteiger partial charge on any atom is -0.377 e. The van der Waals surface area contributed by atoms with Gasteiger partial charge in [-0.15, -0.1) is 0 Å². The Balaban J connectivity index is 1.79. The number of sulfone groups is 1. The number of aromatic amines is 1. The van der Waals surface area contributed by atoms with Gasteiger partial charge in [-0.1, -0.05) is 12.1 Å². The molecule has 4 heterocycles. The van der Waals surface area contributed by atoms with Crippen molar-refractivity contribution >= 4 is 37.6 Å². The summed E-state index contributed by atoms with van der Waals surface area (Å²) in [6.45, 7) is 5.60. The monoisotopic (exact) mass is 440 g/mol. The van der Waals surface area contributed by atoms with Crippen LogP contribution < -0.4 is 4.90 Å². The van der Waals surface area contributed by atoms with Crippen molar-refractivity contribution in [1.82, 2.24) is 24.7 Å². The van der Waals surface area contributed by atoms with Gasteiger partial charge in [0, 0.05) is 35.5 Å². The predicted octanol–water partition coefficient (Wildman–Crippen LogP) is 2.76. The van der Waals surface area contributed by atoms with Gasteiger partial charge < -0.3 is 14.6 Å². The summed E-state index contributed by atoms with van der Waals surface area (Å²) in [5.41, 5.74) is 2.37. The molecular formula is C21H24N6O3S. The minimum absolute atomic E-state index is 0.124. The van der Waals surface area contributed by atoms with Crippen LogP contribution in [0.5, 0.6) is 0 Å². The number of H-pyrrole nitrogens is 1. The van der Waals surface area contributed by atoms with Gasteiger partial charge >= 0.3 is 0 Å². The zero-order valence-electron chi connectivity index (χ0n) is 17.6. The molecule has 0 spiro atoms. The summed E-state index contributed by atoms with van der Waals surface area (Å²) in [6.07, 6.45) is 4.75. The van der Waals surface area contributed by atoms with Gasteiger partial charge in [0.05, 0.1) is 30.8 Å². The number of aromatic nitrogens is 5. The molecule has 9 nitrogen and oxygen atoms in total. The summed E-state index contributed by atoms with van der Waals surface area (Å²) in [6, 6.07) is 8.04. The van der Waals surface area contributed by atoms with E-state index in [-0.39, 0.29) is 6.04 Å². The van der Waals surface area contributed by atoms with Crippen LogP contribution >= 0.6 is 0 Å². The van der Waals surface area contributed by atoms with E-state index in [0.717, 1.165) is 27.7 Å². The molecule has 10 heteroatoms. The third kappa shape index (κ3) is 3.35. The summed E-state index contributed by atoms with van der Waals surface area (Å²) in [7, 11) is -3.37. The summed E-state index contributed by atoms with van der Waals surface area (Å²) in [4.78, 5) is 15.2. The van der Waals surface area contributed by atoms with E-state index < -0.39 is 15.2 Å². The van der Waals surface area contributed by atoms with Crippen LogP contribution in [-0.2, 0) is 14.6 Å². The first-order valence-corrected chi connectivity index (χ1v) is 12.1. The van der Waals surface area contributed by atoms with E-state index in [1.54, 1.807) is 13.1 Å². The molecule has 1 aromatic carbocycles. The van der Waals surface area contributed by atoms with E-state index in [1.165, 1.54) is 10.9 Å². The lowest BCUT2D eigenvalue weighted by atomic mass is 10.1. The molecule has 1 unspecified atom stereocenters. The molecule has 1 N–H and O–H groups in total. The highest BCUT2D eigenvalue weighted by atomic mass is 32.2. The largest absolute Gasteiger partial charge is 0.377 e. The van der Waals surface area contributed by atoms with E-state index >= 15 is 0 Å². The molecule has 0 amide bonds. The summed E-state index contributed by atoms with van der Waals surface area (Å²) in [5, 5.41) is 5.29. The molecule has 1 fully saturated rings. The minimum atomic E-state index is -3.37. The lowest BCUT2D eigenvalue weighted by molar-refractivity contribution is 0.0987. The number of benzene rings is 1. The first-order chi connectivity index (χ1) is 14.8. The second-order valence-electron chi connectivity index (χ2n) is 7.99. The van der Waals surface area contributed by atoms with Gasteiger partial charge in [0.1, 0.15) is 5.82 Å². The van der Waals surface area contributed by atoms with Gasteiger partial charge in [-0.05, 0) is 26.0 Å². The zero-order chi connectivity index (χ0) is 21.8. The van der Waals surface area contributed by atoms with Gasteiger partial charge in [0.15, 0.2) is 26.7 Å². The average Bonchev–Trinajstić information content (AvgIpc) is 3.39. The van der Waals surface area contributed by atoms with Crippen molar-refractivity contribution in [2.75, 3.05) is 30.9 Å². The van der Waals surface area contributed by atoms with Crippen molar-refractivity contribution in [3.63, 3.8) is 0 Å². The van der Waals surface area contributed by atoms with Gasteiger partial charge in [0.25, 0.3) is 0 Å². The van der Waals surface area contributed by atoms with Crippen LogP contribution in [0.2, 0.25) is 0 Å². The van der Waals surface area contributed by atoms with Crippen molar-refractivity contribution in [2.45, 2.75) is 25.3 Å². The Bertz CT molecular complexity index is 1380. The van der Waals surface area contributed by atoms with Crippen LogP contribution in [0.4, 0.5) is 5.82 Å². The summed E-state index contributed by atoms with van der Waals surface area (Å²) in [5.74, 6) is 1.28. The standard InChI is InChI=1S/C21H24N6O3S/c1-13-12-30-10-9-26(13)20-17-11-23-27(14(2)31(3,28)29)21(17)25-19(24-20)16-5-4-6-18-15(16)7-8-22-18/h4-8,11,13-14,22H,9-10,12H2,1-3H3/t13-,14?/m1/s1. The number of nitrogens with zero attached hydrogens (tertiary/aromatic N) is 5. The van der Waals surface area contributed by atoms with E-state index in [0.29, 0.717) is 31.2 Å². The SMILES string of the molecule is CC(n1ncc2c(N3CCOC[C@H]3C)nc(-c3cccc4[nH]ccc34)nc21)S(C)(=O)=O. The Kier molecular flexibility index (Phi) is 4.71. The molecule has 1 saturated heterocycles. The van der Waals surface area contributed by atoms with Crippen molar-refractivity contribution in [3.8, 4) is 11.4 Å². The number of hydrogen-bond donors (Lipinski definition) is 1. The Morgan fingerprint density at radius 1 is 1.23 bits per heavy atom. The van der Waals surface area contributed by atoms with E-state index in [2.05, 4.69) is 21.9 Å². The quantitative estimate of drug-likeness (QED) is 0.520. The average molecular weight is 441 g/mol. The topological polar surface area (TPSA) is 106 Å². The Labute approximate surface area is 180 Å². The van der Waals surface area contributed by atoms with E-state index in [1.807, 2.05) is 30.5 Å². The van der Waals surface area contributed by atoms with Crippen LogP contribution in [0.3, 0.4) is 0 Å². The maximum Gasteiger partial charge on any atom is 0.170 e. The molecule has 5 rings (SSSR count). The van der Waals surface area contributed by atoms with Crippen molar-refractivity contribution in [3.05, 3.63) is 36.7 Å². The number of hydrogen-bond acceptors (Lipinski definition) is 7. The molecule has 1 aliphatic heterocycles. The number of rotatable bonds is 4. The van der Waals surface area contributed by atoms with Crippen LogP contribution in [0.1, 0.15) is 19.2 Å². The fourth-order valence-corrected chi connectivity index (χ4v) is 4.54. The lowest BCUT2D eigenvalue weighted by Gasteiger charge is -2.34. The molecule has 3 aromatic heterocycles. The Morgan fingerprint density at radius 3 is 2.84 bits per heavy atom. The van der Waals surface area contributed by atoms with E-state index in [9.17, 15) is 8.42 Å². The van der Waals surface area contributed by atoms with Crippen molar-refractivity contribution < 1.29 is 13.2 Å². The molecule has 162 valence electrons. The molecule has 4 aromatic rings. The lowest BCUT2D eigenvalue weighted by Crippen LogP contribution is -2.44. The molecule has 0 aliphatic carbocycles. The molecule has 0 radical (unpaired) electrons. The fraction of sp³-hybridized carbons (Fsp3) is 0.381. The Hall–Kier alpha value is -2.98. The normalized spacial score (nSPS) is 18.7. The first-order valence-electron chi connectivity index (χ1n) is 10.2. The van der Waals surface area contributed by atoms with Crippen LogP contribution in [0, 0.1) is 0 Å². The number of nitrogens with one attached hydrogen (secondary N) is 1. The summed E-state index contributed by atoms with van der Waals surface area (Å²) < 4.78 is 31.6. The third-order valence-corrected chi connectivity index (χ3v) is 7.31. The van der Waals surface area contributed by atoms with Crippen LogP contribution in [-0.4, -0.2) is 65.2 Å². The number of anilines is 1. The second kappa shape index (κ2) is 7.31. The van der Waals surface area contributed by atoms with Gasteiger partial charge in [-0.2, -0.15) is 5.10 Å². The third-order valence-electron chi connectivity index (χ3n) is 5.87. The van der Waals surface area contributed by atoms with Gasteiger partial charge in [-0.3, -0.25) is 0 Å². The van der Waals surface area contributed by atoms with Gasteiger partial charge in [0.2, 0.25) is 0 Å². The molecular weight excluding hydrogens is 416 g/mol. The van der Waals surface area contributed by atoms with Crippen LogP contribution in [0.25, 0.3) is 33.3 Å². The van der Waals surface area contributed by atoms with Crippen molar-refractivity contribution in [2.24, 2.45) is 0 Å². The van der Waals surface area contributed by atoms with E-state index in [4.69, 9.17) is 14.7 Å². The maximum absolute atomic E-state index is 12.3.